The fourth-order valence-corrected chi connectivity index (χ4v) is 2.71. The summed E-state index contributed by atoms with van der Waals surface area (Å²) in [5, 5.41) is 15.4. The van der Waals surface area contributed by atoms with Crippen LogP contribution in [0, 0.1) is 6.92 Å². The molecule has 0 saturated heterocycles. The van der Waals surface area contributed by atoms with E-state index in [2.05, 4.69) is 44.1 Å². The summed E-state index contributed by atoms with van der Waals surface area (Å²) in [4.78, 5) is 0. The second-order valence-corrected chi connectivity index (χ2v) is 8.19. The molecule has 0 unspecified atom stereocenters. The van der Waals surface area contributed by atoms with Gasteiger partial charge in [-0.2, -0.15) is 0 Å². The normalized spacial score (nSPS) is 11.4. The fraction of sp³-hybridized carbons (Fsp3) is 0.550. The predicted molar refractivity (Wildman–Crippen MR) is 120 cm³/mol. The zero-order valence-corrected chi connectivity index (χ0v) is 19.8. The van der Waals surface area contributed by atoms with E-state index in [4.69, 9.17) is 0 Å². The first-order chi connectivity index (χ1) is 14.7. The summed E-state index contributed by atoms with van der Waals surface area (Å²) in [5.41, 5.74) is 3.18. The molecule has 0 saturated carbocycles. The Morgan fingerprint density at radius 1 is 1.16 bits per heavy atom. The van der Waals surface area contributed by atoms with E-state index in [0.717, 1.165) is 43.1 Å². The molecule has 1 heterocycles. The van der Waals surface area contributed by atoms with Crippen molar-refractivity contribution in [3.05, 3.63) is 36.2 Å². The van der Waals surface area contributed by atoms with Gasteiger partial charge in [0.25, 0.3) is 0 Å². The highest BCUT2D eigenvalue weighted by Gasteiger charge is 2.10. The van der Waals surface area contributed by atoms with E-state index in [-0.39, 0.29) is 0 Å². The lowest BCUT2D eigenvalue weighted by Crippen LogP contribution is -2.25. The third-order valence-electron chi connectivity index (χ3n) is 4.48. The van der Waals surface area contributed by atoms with Crippen molar-refractivity contribution in [3.63, 3.8) is 0 Å². The Kier molecular flexibility index (Phi) is 11.9. The van der Waals surface area contributed by atoms with Gasteiger partial charge in [0.1, 0.15) is 5.69 Å². The van der Waals surface area contributed by atoms with E-state index in [1.807, 2.05) is 48.7 Å². The first-order valence-electron chi connectivity index (χ1n) is 10.1. The second kappa shape index (κ2) is 13.9. The van der Waals surface area contributed by atoms with Crippen LogP contribution in [0.4, 0.5) is 17.3 Å². The van der Waals surface area contributed by atoms with Crippen molar-refractivity contribution < 1.29 is 21.7 Å². The van der Waals surface area contributed by atoms with E-state index >= 15 is 0 Å². The van der Waals surface area contributed by atoms with E-state index < -0.39 is 10.4 Å². The molecule has 0 fully saturated rings. The number of hydrogen-bond acceptors (Lipinski definition) is 8. The minimum atomic E-state index is -4.41. The molecule has 0 aliphatic rings. The average Bonchev–Trinajstić information content (AvgIpc) is 3.04. The maximum absolute atomic E-state index is 9.22. The number of anilines is 1. The average molecular weight is 455 g/mol. The smallest absolute Gasteiger partial charge is 0.421 e. The zero-order chi connectivity index (χ0) is 23.3. The van der Waals surface area contributed by atoms with Gasteiger partial charge in [0, 0.05) is 17.3 Å². The molecule has 0 bridgehead atoms. The van der Waals surface area contributed by atoms with Crippen LogP contribution >= 0.6 is 0 Å². The Bertz CT molecular complexity index is 908. The minimum Gasteiger partial charge on any atom is -0.726 e. The van der Waals surface area contributed by atoms with Crippen LogP contribution in [0.1, 0.15) is 31.2 Å². The molecule has 0 aliphatic heterocycles. The van der Waals surface area contributed by atoms with Crippen LogP contribution in [0.25, 0.3) is 0 Å². The molecule has 1 aromatic carbocycles. The van der Waals surface area contributed by atoms with Gasteiger partial charge in [0.15, 0.2) is 0 Å². The third-order valence-corrected chi connectivity index (χ3v) is 4.88. The van der Waals surface area contributed by atoms with Crippen molar-refractivity contribution in [2.45, 2.75) is 32.6 Å². The van der Waals surface area contributed by atoms with E-state index in [1.165, 1.54) is 25.7 Å². The van der Waals surface area contributed by atoms with Gasteiger partial charge in [-0.05, 0) is 57.1 Å². The van der Waals surface area contributed by atoms with Gasteiger partial charge < -0.3 is 15.2 Å². The number of rotatable bonds is 11. The van der Waals surface area contributed by atoms with Crippen molar-refractivity contribution in [2.24, 2.45) is 24.3 Å². The Labute approximate surface area is 185 Å². The van der Waals surface area contributed by atoms with Gasteiger partial charge in [0.05, 0.1) is 33.6 Å². The molecular weight excluding hydrogens is 420 g/mol. The molecular formula is C20H34N6O4S. The van der Waals surface area contributed by atoms with Crippen molar-refractivity contribution >= 4 is 27.7 Å². The number of nitrogens with one attached hydrogen (secondary N) is 2. The molecule has 1 aromatic heterocycles. The lowest BCUT2D eigenvalue weighted by molar-refractivity contribution is -0.657. The molecule has 2 N–H and O–H groups in total. The quantitative estimate of drug-likeness (QED) is 0.177. The van der Waals surface area contributed by atoms with Crippen LogP contribution in [0.3, 0.4) is 0 Å². The molecule has 11 heteroatoms. The molecule has 31 heavy (non-hydrogen) atoms. The van der Waals surface area contributed by atoms with Gasteiger partial charge in [-0.25, -0.2) is 17.6 Å². The summed E-state index contributed by atoms with van der Waals surface area (Å²) in [6, 6.07) is 6.24. The monoisotopic (exact) mass is 454 g/mol. The summed E-state index contributed by atoms with van der Waals surface area (Å²) >= 11 is 0. The highest BCUT2D eigenvalue weighted by atomic mass is 32.3. The Morgan fingerprint density at radius 2 is 1.81 bits per heavy atom. The van der Waals surface area contributed by atoms with Crippen LogP contribution < -0.4 is 15.2 Å². The topological polar surface area (TPSA) is 124 Å². The standard InChI is InChI=1S/C19H30N6.CH4O4S/c1-16-15-17(21-12-8-6-5-7-11-20-2)9-10-18(16)22-23-19-24(3)13-14-25(19)4;1-5-6(2,3)4/h9-10,13-15,20H,5-8,11-12H2,1-4H3;1H3,(H,2,3,4). The lowest BCUT2D eigenvalue weighted by Gasteiger charge is -2.08. The van der Waals surface area contributed by atoms with Crippen molar-refractivity contribution in [1.82, 2.24) is 9.88 Å². The molecule has 0 spiro atoms. The first kappa shape index (κ1) is 26.7. The predicted octanol–water partition coefficient (Wildman–Crippen LogP) is 2.86. The fourth-order valence-electron chi connectivity index (χ4n) is 2.71. The van der Waals surface area contributed by atoms with Crippen LogP contribution in [0.15, 0.2) is 40.8 Å². The molecule has 0 amide bonds. The van der Waals surface area contributed by atoms with Gasteiger partial charge in [-0.1, -0.05) is 18.0 Å². The maximum atomic E-state index is 9.22. The largest absolute Gasteiger partial charge is 0.726 e. The van der Waals surface area contributed by atoms with Crippen LogP contribution in [0.5, 0.6) is 0 Å². The molecule has 0 radical (unpaired) electrons. The summed E-state index contributed by atoms with van der Waals surface area (Å²) < 4.78 is 34.9. The van der Waals surface area contributed by atoms with E-state index in [9.17, 15) is 13.0 Å². The highest BCUT2D eigenvalue weighted by molar-refractivity contribution is 7.80. The van der Waals surface area contributed by atoms with Crippen LogP contribution in [-0.4, -0.2) is 44.8 Å². The lowest BCUT2D eigenvalue weighted by atomic mass is 10.1. The molecule has 2 aromatic rings. The van der Waals surface area contributed by atoms with Crippen molar-refractivity contribution in [3.8, 4) is 0 Å². The molecule has 2 rings (SSSR count). The molecule has 174 valence electrons. The molecule has 0 aliphatic carbocycles. The number of nitrogens with zero attached hydrogens (tertiary/aromatic N) is 4. The van der Waals surface area contributed by atoms with Crippen molar-refractivity contribution in [2.75, 3.05) is 32.6 Å². The van der Waals surface area contributed by atoms with E-state index in [1.54, 1.807) is 0 Å². The summed E-state index contributed by atoms with van der Waals surface area (Å²) in [5.74, 6) is 0.819. The molecule has 0 atom stereocenters. The second-order valence-electron chi connectivity index (χ2n) is 7.04. The Hall–Kier alpha value is -2.34. The maximum Gasteiger partial charge on any atom is 0.421 e. The Balaban J connectivity index is 0.000000703. The SMILES string of the molecule is CNCCCCCCNc1ccc(N=Nc2n(C)cc[n+]2C)c(C)c1.COS(=O)(=O)[O-]. The van der Waals surface area contributed by atoms with Crippen molar-refractivity contribution in [1.29, 1.82) is 0 Å². The first-order valence-corrected chi connectivity index (χ1v) is 11.4. The Morgan fingerprint density at radius 3 is 2.32 bits per heavy atom. The van der Waals surface area contributed by atoms with Crippen LogP contribution in [-0.2, 0) is 28.7 Å². The van der Waals surface area contributed by atoms with Gasteiger partial charge >= 0.3 is 5.95 Å². The summed E-state index contributed by atoms with van der Waals surface area (Å²) in [6.45, 7) is 4.20. The zero-order valence-electron chi connectivity index (χ0n) is 19.0. The minimum absolute atomic E-state index is 0.808. The number of unbranched alkanes of at least 4 members (excludes halogenated alkanes) is 3. The third kappa shape index (κ3) is 11.0. The number of benzene rings is 1. The van der Waals surface area contributed by atoms with Gasteiger partial charge in [-0.15, -0.1) is 0 Å². The molecule has 10 nitrogen and oxygen atoms in total. The number of imidazole rings is 1. The summed E-state index contributed by atoms with van der Waals surface area (Å²) in [7, 11) is 2.33. The number of aryl methyl sites for hydroxylation is 3. The summed E-state index contributed by atoms with van der Waals surface area (Å²) in [6.07, 6.45) is 8.95. The number of azo groups is 1. The van der Waals surface area contributed by atoms with Gasteiger partial charge in [-0.3, -0.25) is 4.18 Å². The van der Waals surface area contributed by atoms with E-state index in [0.29, 0.717) is 0 Å². The number of hydrogen-bond donors (Lipinski definition) is 2. The highest BCUT2D eigenvalue weighted by Crippen LogP contribution is 2.24. The number of aromatic nitrogens is 2. The van der Waals surface area contributed by atoms with Crippen LogP contribution in [0.2, 0.25) is 0 Å². The van der Waals surface area contributed by atoms with Gasteiger partial charge in [0.2, 0.25) is 10.4 Å².